The van der Waals surface area contributed by atoms with Crippen LogP contribution in [0.15, 0.2) is 30.3 Å². The van der Waals surface area contributed by atoms with Crippen molar-refractivity contribution in [1.29, 1.82) is 0 Å². The molecule has 0 heterocycles. The fourth-order valence-electron chi connectivity index (χ4n) is 2.03. The highest BCUT2D eigenvalue weighted by Gasteiger charge is 2.24. The van der Waals surface area contributed by atoms with Crippen LogP contribution in [0, 0.1) is 0 Å². The quantitative estimate of drug-likeness (QED) is 0.661. The number of amides is 3. The summed E-state index contributed by atoms with van der Waals surface area (Å²) < 4.78 is 9.54. The maximum absolute atomic E-state index is 12.5. The third-order valence-corrected chi connectivity index (χ3v) is 3.27. The Morgan fingerprint density at radius 2 is 1.56 bits per heavy atom. The van der Waals surface area contributed by atoms with Gasteiger partial charge in [-0.2, -0.15) is 0 Å². The number of carbonyl (C=O) groups excluding carboxylic acids is 3. The molecule has 25 heavy (non-hydrogen) atoms. The molecule has 138 valence electrons. The first kappa shape index (κ1) is 20.3. The molecule has 0 aliphatic heterocycles. The van der Waals surface area contributed by atoms with Crippen LogP contribution in [0.1, 0.15) is 32.4 Å². The van der Waals surface area contributed by atoms with Crippen molar-refractivity contribution in [1.82, 2.24) is 16.0 Å². The summed E-state index contributed by atoms with van der Waals surface area (Å²) in [6, 6.07) is 8.14. The van der Waals surface area contributed by atoms with Gasteiger partial charge in [0.05, 0.1) is 25.8 Å². The molecule has 1 aromatic carbocycles. The Morgan fingerprint density at radius 3 is 2.16 bits per heavy atom. The Kier molecular flexibility index (Phi) is 8.84. The summed E-state index contributed by atoms with van der Waals surface area (Å²) in [5, 5.41) is 7.66. The molecule has 0 radical (unpaired) electrons. The molecule has 0 saturated carbocycles. The van der Waals surface area contributed by atoms with E-state index in [1.807, 2.05) is 37.3 Å². The molecule has 2 atom stereocenters. The molecule has 1 rings (SSSR count). The summed E-state index contributed by atoms with van der Waals surface area (Å²) in [6.45, 7) is 5.41. The zero-order valence-electron chi connectivity index (χ0n) is 14.7. The second-order valence-corrected chi connectivity index (χ2v) is 5.16. The summed E-state index contributed by atoms with van der Waals surface area (Å²) in [5.74, 6) is -0.443. The Labute approximate surface area is 147 Å². The lowest BCUT2D eigenvalue weighted by molar-refractivity contribution is -0.123. The van der Waals surface area contributed by atoms with Crippen molar-refractivity contribution in [2.45, 2.75) is 32.9 Å². The molecule has 0 saturated heterocycles. The van der Waals surface area contributed by atoms with Crippen molar-refractivity contribution >= 4 is 18.1 Å². The number of hydrogen-bond donors (Lipinski definition) is 3. The van der Waals surface area contributed by atoms with Crippen LogP contribution in [0.5, 0.6) is 0 Å². The number of ether oxygens (including phenoxy) is 2. The minimum atomic E-state index is -0.991. The molecule has 0 aliphatic carbocycles. The average Bonchev–Trinajstić information content (AvgIpc) is 2.59. The van der Waals surface area contributed by atoms with E-state index >= 15 is 0 Å². The number of benzene rings is 1. The fraction of sp³-hybridized carbons (Fsp3) is 0.471. The second-order valence-electron chi connectivity index (χ2n) is 5.16. The molecule has 0 fully saturated rings. The van der Waals surface area contributed by atoms with Crippen molar-refractivity contribution in [3.63, 3.8) is 0 Å². The van der Waals surface area contributed by atoms with Crippen molar-refractivity contribution in [3.8, 4) is 0 Å². The standard InChI is InChI=1S/C17H25N3O5/c1-4-24-16(22)18-11-14(20-17(23)25-5-2)15(21)19-12(3)13-9-7-6-8-10-13/h6-10,12,14H,4-5,11H2,1-3H3,(H,18,22)(H,19,21)(H,20,23)/t12-,14-/m0/s1. The Balaban J connectivity index is 2.69. The highest BCUT2D eigenvalue weighted by Crippen LogP contribution is 2.11. The van der Waals surface area contributed by atoms with Gasteiger partial charge in [0.15, 0.2) is 0 Å². The monoisotopic (exact) mass is 351 g/mol. The summed E-state index contributed by atoms with van der Waals surface area (Å²) in [5.41, 5.74) is 0.920. The molecule has 1 aromatic rings. The lowest BCUT2D eigenvalue weighted by Gasteiger charge is -2.21. The Morgan fingerprint density at radius 1 is 0.960 bits per heavy atom. The van der Waals surface area contributed by atoms with Gasteiger partial charge < -0.3 is 25.4 Å². The highest BCUT2D eigenvalue weighted by molar-refractivity contribution is 5.86. The van der Waals surface area contributed by atoms with E-state index in [0.717, 1.165) is 5.56 Å². The summed E-state index contributed by atoms with van der Waals surface area (Å²) >= 11 is 0. The molecule has 0 aromatic heterocycles. The normalized spacial score (nSPS) is 12.4. The summed E-state index contributed by atoms with van der Waals surface area (Å²) in [7, 11) is 0. The van der Waals surface area contributed by atoms with Gasteiger partial charge in [-0.25, -0.2) is 9.59 Å². The molecule has 0 unspecified atom stereocenters. The first-order valence-corrected chi connectivity index (χ1v) is 8.17. The van der Waals surface area contributed by atoms with E-state index in [-0.39, 0.29) is 25.8 Å². The van der Waals surface area contributed by atoms with Crippen LogP contribution in [-0.4, -0.2) is 43.9 Å². The van der Waals surface area contributed by atoms with E-state index in [4.69, 9.17) is 9.47 Å². The summed E-state index contributed by atoms with van der Waals surface area (Å²) in [4.78, 5) is 35.5. The first-order valence-electron chi connectivity index (χ1n) is 8.17. The van der Waals surface area contributed by atoms with Crippen LogP contribution in [0.2, 0.25) is 0 Å². The molecular weight excluding hydrogens is 326 g/mol. The highest BCUT2D eigenvalue weighted by atomic mass is 16.6. The van der Waals surface area contributed by atoms with Gasteiger partial charge in [-0.05, 0) is 26.3 Å². The lowest BCUT2D eigenvalue weighted by Crippen LogP contribution is -2.53. The van der Waals surface area contributed by atoms with Gasteiger partial charge >= 0.3 is 12.2 Å². The second kappa shape index (κ2) is 10.9. The van der Waals surface area contributed by atoms with Crippen LogP contribution in [-0.2, 0) is 14.3 Å². The lowest BCUT2D eigenvalue weighted by atomic mass is 10.1. The predicted octanol–water partition coefficient (Wildman–Crippen LogP) is 1.72. The number of alkyl carbamates (subject to hydrolysis) is 2. The molecule has 8 heteroatoms. The number of nitrogens with one attached hydrogen (secondary N) is 3. The maximum atomic E-state index is 12.5. The van der Waals surface area contributed by atoms with Gasteiger partial charge in [-0.1, -0.05) is 30.3 Å². The van der Waals surface area contributed by atoms with E-state index in [0.29, 0.717) is 0 Å². The number of hydrogen-bond acceptors (Lipinski definition) is 5. The van der Waals surface area contributed by atoms with Crippen LogP contribution < -0.4 is 16.0 Å². The van der Waals surface area contributed by atoms with Gasteiger partial charge in [0.1, 0.15) is 6.04 Å². The van der Waals surface area contributed by atoms with Crippen molar-refractivity contribution < 1.29 is 23.9 Å². The van der Waals surface area contributed by atoms with E-state index in [9.17, 15) is 14.4 Å². The zero-order chi connectivity index (χ0) is 18.7. The first-order chi connectivity index (χ1) is 12.0. The van der Waals surface area contributed by atoms with E-state index < -0.39 is 24.1 Å². The average molecular weight is 351 g/mol. The van der Waals surface area contributed by atoms with Gasteiger partial charge in [-0.15, -0.1) is 0 Å². The SMILES string of the molecule is CCOC(=O)NC[C@H](NC(=O)OCC)C(=O)N[C@@H](C)c1ccccc1. The van der Waals surface area contributed by atoms with Gasteiger partial charge in [0.25, 0.3) is 0 Å². The summed E-state index contributed by atoms with van der Waals surface area (Å²) in [6.07, 6.45) is -1.40. The van der Waals surface area contributed by atoms with Gasteiger partial charge in [-0.3, -0.25) is 4.79 Å². The largest absolute Gasteiger partial charge is 0.450 e. The van der Waals surface area contributed by atoms with Gasteiger partial charge in [0.2, 0.25) is 5.91 Å². The molecule has 8 nitrogen and oxygen atoms in total. The van der Waals surface area contributed by atoms with Crippen molar-refractivity contribution in [2.75, 3.05) is 19.8 Å². The maximum Gasteiger partial charge on any atom is 0.407 e. The zero-order valence-corrected chi connectivity index (χ0v) is 14.7. The third-order valence-electron chi connectivity index (χ3n) is 3.27. The number of carbonyl (C=O) groups is 3. The Bertz CT molecular complexity index is 565. The molecule has 0 aliphatic rings. The van der Waals surface area contributed by atoms with Crippen LogP contribution in [0.3, 0.4) is 0 Å². The fourth-order valence-corrected chi connectivity index (χ4v) is 2.03. The van der Waals surface area contributed by atoms with Crippen LogP contribution in [0.4, 0.5) is 9.59 Å². The molecular formula is C17H25N3O5. The minimum absolute atomic E-state index is 0.120. The Hall–Kier alpha value is -2.77. The number of rotatable bonds is 8. The van der Waals surface area contributed by atoms with Crippen molar-refractivity contribution in [3.05, 3.63) is 35.9 Å². The smallest absolute Gasteiger partial charge is 0.407 e. The van der Waals surface area contributed by atoms with E-state index in [1.165, 1.54) is 0 Å². The third kappa shape index (κ3) is 7.56. The predicted molar refractivity (Wildman–Crippen MR) is 92.0 cm³/mol. The van der Waals surface area contributed by atoms with Crippen LogP contribution >= 0.6 is 0 Å². The minimum Gasteiger partial charge on any atom is -0.450 e. The van der Waals surface area contributed by atoms with E-state index in [2.05, 4.69) is 16.0 Å². The molecule has 3 N–H and O–H groups in total. The molecule has 0 bridgehead atoms. The van der Waals surface area contributed by atoms with Crippen molar-refractivity contribution in [2.24, 2.45) is 0 Å². The molecule has 3 amide bonds. The molecule has 0 spiro atoms. The van der Waals surface area contributed by atoms with Gasteiger partial charge in [0, 0.05) is 0 Å². The topological polar surface area (TPSA) is 106 Å². The van der Waals surface area contributed by atoms with Crippen LogP contribution in [0.25, 0.3) is 0 Å². The van der Waals surface area contributed by atoms with E-state index in [1.54, 1.807) is 13.8 Å².